The van der Waals surface area contributed by atoms with E-state index in [1.807, 2.05) is 20.9 Å². The number of rotatable bonds is 5. The van der Waals surface area contributed by atoms with Crippen molar-refractivity contribution < 1.29 is 17.7 Å². The highest BCUT2D eigenvalue weighted by atomic mass is 32.2. The molecule has 0 spiro atoms. The highest BCUT2D eigenvalue weighted by molar-refractivity contribution is 7.86. The Kier molecular flexibility index (Phi) is 5.71. The molecule has 0 unspecified atom stereocenters. The van der Waals surface area contributed by atoms with Crippen molar-refractivity contribution in [1.29, 1.82) is 0 Å². The van der Waals surface area contributed by atoms with Crippen LogP contribution in [0.5, 0.6) is 0 Å². The summed E-state index contributed by atoms with van der Waals surface area (Å²) < 4.78 is 34.7. The monoisotopic (exact) mass is 425 g/mol. The Labute approximate surface area is 172 Å². The lowest BCUT2D eigenvalue weighted by Crippen LogP contribution is -2.59. The molecule has 1 N–H and O–H groups in total. The number of carbonyl (C=O) groups is 1. The molecule has 1 aromatic rings. The average molecular weight is 426 g/mol. The van der Waals surface area contributed by atoms with Crippen LogP contribution in [0.25, 0.3) is 0 Å². The Morgan fingerprint density at radius 1 is 1.17 bits per heavy atom. The molecule has 0 aromatic carbocycles. The Morgan fingerprint density at radius 2 is 1.93 bits per heavy atom. The molecular formula is C19H31N5O4S. The number of carbonyl (C=O) groups excluding carboxylic acids is 1. The van der Waals surface area contributed by atoms with Crippen molar-refractivity contribution in [3.8, 4) is 0 Å². The van der Waals surface area contributed by atoms with Crippen molar-refractivity contribution in [1.82, 2.24) is 24.0 Å². The molecule has 10 heteroatoms. The van der Waals surface area contributed by atoms with E-state index in [2.05, 4.69) is 15.4 Å². The van der Waals surface area contributed by atoms with Crippen molar-refractivity contribution in [2.75, 3.05) is 33.2 Å². The van der Waals surface area contributed by atoms with Gasteiger partial charge >= 0.3 is 0 Å². The minimum atomic E-state index is -3.49. The smallest absolute Gasteiger partial charge is 0.282 e. The second-order valence-electron chi connectivity index (χ2n) is 8.74. The van der Waals surface area contributed by atoms with Gasteiger partial charge in [0.15, 0.2) is 5.69 Å². The Balaban J connectivity index is 1.34. The van der Waals surface area contributed by atoms with Crippen molar-refractivity contribution >= 4 is 16.1 Å². The van der Waals surface area contributed by atoms with Crippen LogP contribution < -0.4 is 5.32 Å². The van der Waals surface area contributed by atoms with Crippen LogP contribution in [-0.4, -0.2) is 84.3 Å². The van der Waals surface area contributed by atoms with Gasteiger partial charge in [0.2, 0.25) is 0 Å². The first-order valence-corrected chi connectivity index (χ1v) is 11.9. The van der Waals surface area contributed by atoms with E-state index >= 15 is 0 Å². The molecule has 0 bridgehead atoms. The van der Waals surface area contributed by atoms with E-state index in [4.69, 9.17) is 4.52 Å². The summed E-state index contributed by atoms with van der Waals surface area (Å²) in [6.45, 7) is 6.13. The molecule has 9 nitrogen and oxygen atoms in total. The highest BCUT2D eigenvalue weighted by Crippen LogP contribution is 2.40. The molecular weight excluding hydrogens is 394 g/mol. The summed E-state index contributed by atoms with van der Waals surface area (Å²) in [6.07, 6.45) is 3.35. The molecule has 29 heavy (non-hydrogen) atoms. The van der Waals surface area contributed by atoms with E-state index in [-0.39, 0.29) is 24.0 Å². The van der Waals surface area contributed by atoms with Crippen LogP contribution in [0.15, 0.2) is 10.6 Å². The largest absolute Gasteiger partial charge is 0.360 e. The molecule has 3 aliphatic rings. The summed E-state index contributed by atoms with van der Waals surface area (Å²) >= 11 is 0. The first kappa shape index (κ1) is 20.8. The first-order valence-electron chi connectivity index (χ1n) is 10.5. The summed E-state index contributed by atoms with van der Waals surface area (Å²) in [5.74, 6) is 0.947. The summed E-state index contributed by atoms with van der Waals surface area (Å²) in [7, 11) is -1.47. The summed E-state index contributed by atoms with van der Waals surface area (Å²) in [4.78, 5) is 14.7. The van der Waals surface area contributed by atoms with Crippen molar-refractivity contribution in [2.24, 2.45) is 0 Å². The van der Waals surface area contributed by atoms with Gasteiger partial charge in [-0.1, -0.05) is 5.16 Å². The number of nitrogens with zero attached hydrogens (tertiary/aromatic N) is 4. The second-order valence-corrected chi connectivity index (χ2v) is 10.6. The summed E-state index contributed by atoms with van der Waals surface area (Å²) in [6, 6.07) is 1.68. The lowest BCUT2D eigenvalue weighted by atomic mass is 10.0. The minimum Gasteiger partial charge on any atom is -0.360 e. The van der Waals surface area contributed by atoms with Crippen LogP contribution in [0.2, 0.25) is 0 Å². The van der Waals surface area contributed by atoms with E-state index in [1.54, 1.807) is 14.7 Å². The van der Waals surface area contributed by atoms with Gasteiger partial charge in [0.1, 0.15) is 5.76 Å². The lowest BCUT2D eigenvalue weighted by molar-refractivity contribution is 0.0901. The van der Waals surface area contributed by atoms with E-state index in [1.165, 1.54) is 0 Å². The molecule has 3 fully saturated rings. The molecule has 0 radical (unpaired) electrons. The fraction of sp³-hybridized carbons (Fsp3) is 0.789. The van der Waals surface area contributed by atoms with E-state index in [9.17, 15) is 13.2 Å². The van der Waals surface area contributed by atoms with E-state index < -0.39 is 10.2 Å². The van der Waals surface area contributed by atoms with Gasteiger partial charge in [0.05, 0.1) is 0 Å². The van der Waals surface area contributed by atoms with Gasteiger partial charge in [-0.15, -0.1) is 0 Å². The zero-order valence-electron chi connectivity index (χ0n) is 17.4. The number of aromatic nitrogens is 1. The van der Waals surface area contributed by atoms with Crippen molar-refractivity contribution in [3.05, 3.63) is 17.5 Å². The van der Waals surface area contributed by atoms with Crippen molar-refractivity contribution in [2.45, 2.75) is 63.6 Å². The third-order valence-corrected chi connectivity index (χ3v) is 8.56. The zero-order valence-corrected chi connectivity index (χ0v) is 18.2. The maximum absolute atomic E-state index is 13.1. The maximum Gasteiger partial charge on any atom is 0.282 e. The average Bonchev–Trinajstić information content (AvgIpc) is 3.40. The van der Waals surface area contributed by atoms with Gasteiger partial charge in [-0.2, -0.15) is 17.0 Å². The van der Waals surface area contributed by atoms with E-state index in [0.717, 1.165) is 25.1 Å². The predicted octanol–water partition coefficient (Wildman–Crippen LogP) is 1.02. The number of hydrogen-bond acceptors (Lipinski definition) is 6. The van der Waals surface area contributed by atoms with Crippen LogP contribution in [0, 0.1) is 0 Å². The second kappa shape index (κ2) is 7.98. The SMILES string of the molecule is C[C@@H]1CN(S(=O)(=O)N2CC[C@H](NC(=O)c3cc(C4CC4)on3)C[C@@H]2C)CCN1C. The predicted molar refractivity (Wildman–Crippen MR) is 108 cm³/mol. The Morgan fingerprint density at radius 3 is 2.59 bits per heavy atom. The van der Waals surface area contributed by atoms with Crippen LogP contribution in [0.4, 0.5) is 0 Å². The third-order valence-electron chi connectivity index (χ3n) is 6.44. The van der Waals surface area contributed by atoms with Gasteiger partial charge < -0.3 is 14.7 Å². The first-order chi connectivity index (χ1) is 13.8. The summed E-state index contributed by atoms with van der Waals surface area (Å²) in [5.41, 5.74) is 0.307. The highest BCUT2D eigenvalue weighted by Gasteiger charge is 2.39. The topological polar surface area (TPSA) is 99.0 Å². The number of piperidine rings is 1. The third kappa shape index (κ3) is 4.35. The summed E-state index contributed by atoms with van der Waals surface area (Å²) in [5, 5.41) is 6.89. The number of nitrogens with one attached hydrogen (secondary N) is 1. The molecule has 1 saturated carbocycles. The van der Waals surface area contributed by atoms with Gasteiger partial charge in [0, 0.05) is 56.3 Å². The number of piperazine rings is 1. The van der Waals surface area contributed by atoms with Gasteiger partial charge in [-0.25, -0.2) is 0 Å². The Bertz CT molecular complexity index is 853. The van der Waals surface area contributed by atoms with Gasteiger partial charge in [-0.05, 0) is 46.6 Å². The lowest BCUT2D eigenvalue weighted by Gasteiger charge is -2.43. The fourth-order valence-corrected chi connectivity index (χ4v) is 6.10. The molecule has 3 atom stereocenters. The molecule has 1 aromatic heterocycles. The number of hydrogen-bond donors (Lipinski definition) is 1. The normalized spacial score (nSPS) is 30.4. The fourth-order valence-electron chi connectivity index (χ4n) is 4.21. The molecule has 162 valence electrons. The van der Waals surface area contributed by atoms with Crippen LogP contribution in [0.3, 0.4) is 0 Å². The standard InChI is InChI=1S/C19H31N5O4S/c1-13-10-16(20-19(25)17-11-18(28-21-17)15-4-5-15)6-7-24(13)29(26,27)23-9-8-22(3)14(2)12-23/h11,13-16H,4-10,12H2,1-3H3,(H,20,25)/t13-,14+,16-/m0/s1. The molecule has 3 heterocycles. The molecule has 1 aliphatic carbocycles. The molecule has 2 saturated heterocycles. The molecule has 4 rings (SSSR count). The minimum absolute atomic E-state index is 0.0727. The molecule has 2 aliphatic heterocycles. The maximum atomic E-state index is 13.1. The zero-order chi connectivity index (χ0) is 20.8. The van der Waals surface area contributed by atoms with Crippen molar-refractivity contribution in [3.63, 3.8) is 0 Å². The van der Waals surface area contributed by atoms with Crippen LogP contribution in [-0.2, 0) is 10.2 Å². The number of likely N-dealkylation sites (N-methyl/N-ethyl adjacent to an activating group) is 1. The quantitative estimate of drug-likeness (QED) is 0.756. The van der Waals surface area contributed by atoms with E-state index in [0.29, 0.717) is 44.1 Å². The Hall–Kier alpha value is -1.49. The van der Waals surface area contributed by atoms with Crippen LogP contribution >= 0.6 is 0 Å². The van der Waals surface area contributed by atoms with Gasteiger partial charge in [0.25, 0.3) is 16.1 Å². The van der Waals surface area contributed by atoms with Gasteiger partial charge in [-0.3, -0.25) is 4.79 Å². The van der Waals surface area contributed by atoms with Crippen LogP contribution in [0.1, 0.15) is 61.7 Å². The number of amides is 1. The molecule has 1 amide bonds.